The fraction of sp³-hybridized carbons (Fsp3) is 0.133. The fourth-order valence-corrected chi connectivity index (χ4v) is 1.97. The number of nitrogens with one attached hydrogen (secondary N) is 1. The number of hydrogen-bond donors (Lipinski definition) is 1. The summed E-state index contributed by atoms with van der Waals surface area (Å²) < 4.78 is 24.4. The van der Waals surface area contributed by atoms with E-state index in [1.165, 1.54) is 12.1 Å². The van der Waals surface area contributed by atoms with E-state index in [1.54, 1.807) is 24.3 Å². The lowest BCUT2D eigenvalue weighted by Crippen LogP contribution is -2.15. The van der Waals surface area contributed by atoms with Crippen molar-refractivity contribution in [2.45, 2.75) is 0 Å². The molecule has 0 spiro atoms. The van der Waals surface area contributed by atoms with Gasteiger partial charge in [0.05, 0.1) is 5.56 Å². The molecular formula is C15H11FN2O2. The van der Waals surface area contributed by atoms with Crippen molar-refractivity contribution in [1.82, 2.24) is 0 Å². The molecular weight excluding hydrogens is 259 g/mol. The monoisotopic (exact) mass is 270 g/mol. The van der Waals surface area contributed by atoms with Crippen LogP contribution in [0.15, 0.2) is 36.4 Å². The van der Waals surface area contributed by atoms with Crippen molar-refractivity contribution in [3.05, 3.63) is 47.8 Å². The molecule has 1 N–H and O–H groups in total. The molecule has 5 heteroatoms. The van der Waals surface area contributed by atoms with E-state index >= 15 is 0 Å². The molecule has 0 aliphatic carbocycles. The summed E-state index contributed by atoms with van der Waals surface area (Å²) in [6.45, 7) is 1.06. The third-order valence-electron chi connectivity index (χ3n) is 2.92. The van der Waals surface area contributed by atoms with Crippen LogP contribution >= 0.6 is 0 Å². The Labute approximate surface area is 115 Å². The minimum Gasteiger partial charge on any atom is -0.486 e. The summed E-state index contributed by atoms with van der Waals surface area (Å²) in [5.41, 5.74) is 1.36. The van der Waals surface area contributed by atoms with Gasteiger partial charge >= 0.3 is 0 Å². The highest BCUT2D eigenvalue weighted by molar-refractivity contribution is 5.64. The van der Waals surface area contributed by atoms with Crippen LogP contribution in [0.2, 0.25) is 0 Å². The van der Waals surface area contributed by atoms with E-state index in [2.05, 4.69) is 5.32 Å². The Kier molecular flexibility index (Phi) is 3.13. The Bertz CT molecular complexity index is 695. The molecule has 0 radical (unpaired) electrons. The second-order valence-corrected chi connectivity index (χ2v) is 4.29. The average molecular weight is 270 g/mol. The molecule has 0 saturated carbocycles. The lowest BCUT2D eigenvalue weighted by Gasteiger charge is -2.19. The fourth-order valence-electron chi connectivity index (χ4n) is 1.97. The molecule has 1 aliphatic heterocycles. The molecule has 2 aromatic rings. The minimum absolute atomic E-state index is 0.0257. The van der Waals surface area contributed by atoms with Crippen LogP contribution < -0.4 is 14.8 Å². The topological polar surface area (TPSA) is 54.3 Å². The van der Waals surface area contributed by atoms with Crippen LogP contribution in [0.25, 0.3) is 0 Å². The van der Waals surface area contributed by atoms with Crippen LogP contribution in [0.1, 0.15) is 5.56 Å². The van der Waals surface area contributed by atoms with Crippen LogP contribution in [0.5, 0.6) is 11.5 Å². The standard InChI is InChI=1S/C15H11FN2O2/c16-13-7-11(2-1-10(13)9-17)18-12-3-4-14-15(8-12)20-6-5-19-14/h1-4,7-8,18H,5-6H2. The van der Waals surface area contributed by atoms with Gasteiger partial charge in [-0.2, -0.15) is 5.26 Å². The maximum atomic E-state index is 13.5. The second kappa shape index (κ2) is 5.10. The first-order valence-electron chi connectivity index (χ1n) is 6.12. The van der Waals surface area contributed by atoms with Gasteiger partial charge in [0.2, 0.25) is 0 Å². The van der Waals surface area contributed by atoms with Crippen LogP contribution in [0.3, 0.4) is 0 Å². The third-order valence-corrected chi connectivity index (χ3v) is 2.92. The molecule has 1 heterocycles. The van der Waals surface area contributed by atoms with E-state index < -0.39 is 5.82 Å². The zero-order valence-corrected chi connectivity index (χ0v) is 10.5. The highest BCUT2D eigenvalue weighted by Crippen LogP contribution is 2.33. The second-order valence-electron chi connectivity index (χ2n) is 4.29. The average Bonchev–Trinajstić information content (AvgIpc) is 2.47. The van der Waals surface area contributed by atoms with Crippen molar-refractivity contribution in [2.24, 2.45) is 0 Å². The van der Waals surface area contributed by atoms with E-state index in [-0.39, 0.29) is 5.56 Å². The number of hydrogen-bond acceptors (Lipinski definition) is 4. The first-order valence-corrected chi connectivity index (χ1v) is 6.12. The summed E-state index contributed by atoms with van der Waals surface area (Å²) in [5.74, 6) is 0.818. The van der Waals surface area contributed by atoms with Gasteiger partial charge in [-0.15, -0.1) is 0 Å². The summed E-state index contributed by atoms with van der Waals surface area (Å²) >= 11 is 0. The highest BCUT2D eigenvalue weighted by atomic mass is 19.1. The van der Waals surface area contributed by atoms with E-state index in [0.29, 0.717) is 30.4 Å². The van der Waals surface area contributed by atoms with Gasteiger partial charge < -0.3 is 14.8 Å². The van der Waals surface area contributed by atoms with Crippen molar-refractivity contribution < 1.29 is 13.9 Å². The van der Waals surface area contributed by atoms with Crippen molar-refractivity contribution in [3.8, 4) is 17.6 Å². The van der Waals surface area contributed by atoms with Gasteiger partial charge in [0.25, 0.3) is 0 Å². The predicted octanol–water partition coefficient (Wildman–Crippen LogP) is 3.21. The highest BCUT2D eigenvalue weighted by Gasteiger charge is 2.12. The minimum atomic E-state index is -0.546. The number of benzene rings is 2. The van der Waals surface area contributed by atoms with Crippen LogP contribution in [0, 0.1) is 17.1 Å². The van der Waals surface area contributed by atoms with Crippen molar-refractivity contribution in [2.75, 3.05) is 18.5 Å². The molecule has 3 rings (SSSR count). The summed E-state index contributed by atoms with van der Waals surface area (Å²) in [6, 6.07) is 11.6. The lowest BCUT2D eigenvalue weighted by atomic mass is 10.2. The number of fused-ring (bicyclic) bond motifs is 1. The Balaban J connectivity index is 1.84. The van der Waals surface area contributed by atoms with Crippen molar-refractivity contribution >= 4 is 11.4 Å². The van der Waals surface area contributed by atoms with Gasteiger partial charge in [0.15, 0.2) is 11.5 Å². The van der Waals surface area contributed by atoms with Crippen molar-refractivity contribution in [3.63, 3.8) is 0 Å². The maximum absolute atomic E-state index is 13.5. The van der Waals surface area contributed by atoms with E-state index in [4.69, 9.17) is 14.7 Å². The number of anilines is 2. The normalized spacial score (nSPS) is 12.6. The Morgan fingerprint density at radius 3 is 2.45 bits per heavy atom. The summed E-state index contributed by atoms with van der Waals surface area (Å²) in [4.78, 5) is 0. The molecule has 0 aromatic heterocycles. The lowest BCUT2D eigenvalue weighted by molar-refractivity contribution is 0.171. The van der Waals surface area contributed by atoms with Crippen LogP contribution in [-0.4, -0.2) is 13.2 Å². The number of halogens is 1. The molecule has 0 atom stereocenters. The molecule has 20 heavy (non-hydrogen) atoms. The van der Waals surface area contributed by atoms with Gasteiger partial charge in [0.1, 0.15) is 25.1 Å². The van der Waals surface area contributed by atoms with Crippen molar-refractivity contribution in [1.29, 1.82) is 5.26 Å². The Morgan fingerprint density at radius 1 is 1.00 bits per heavy atom. The summed E-state index contributed by atoms with van der Waals surface area (Å²) in [5, 5.41) is 11.8. The SMILES string of the molecule is N#Cc1ccc(Nc2ccc3c(c2)OCCO3)cc1F. The molecule has 0 amide bonds. The van der Waals surface area contributed by atoms with Gasteiger partial charge in [0, 0.05) is 17.4 Å². The summed E-state index contributed by atoms with van der Waals surface area (Å²) in [7, 11) is 0. The Morgan fingerprint density at radius 2 is 1.70 bits per heavy atom. The third kappa shape index (κ3) is 2.36. The quantitative estimate of drug-likeness (QED) is 0.910. The molecule has 0 bridgehead atoms. The zero-order chi connectivity index (χ0) is 13.9. The maximum Gasteiger partial charge on any atom is 0.163 e. The molecule has 0 fully saturated rings. The molecule has 100 valence electrons. The van der Waals surface area contributed by atoms with Gasteiger partial charge in [-0.25, -0.2) is 4.39 Å². The number of rotatable bonds is 2. The van der Waals surface area contributed by atoms with Gasteiger partial charge in [-0.05, 0) is 30.3 Å². The van der Waals surface area contributed by atoms with E-state index in [1.807, 2.05) is 6.07 Å². The largest absolute Gasteiger partial charge is 0.486 e. The number of nitrogens with zero attached hydrogens (tertiary/aromatic N) is 1. The van der Waals surface area contributed by atoms with Gasteiger partial charge in [-0.3, -0.25) is 0 Å². The molecule has 1 aliphatic rings. The molecule has 0 saturated heterocycles. The Hall–Kier alpha value is -2.74. The van der Waals surface area contributed by atoms with E-state index in [0.717, 1.165) is 5.69 Å². The first kappa shape index (κ1) is 12.3. The van der Waals surface area contributed by atoms with Crippen LogP contribution in [0.4, 0.5) is 15.8 Å². The zero-order valence-electron chi connectivity index (χ0n) is 10.5. The molecule has 4 nitrogen and oxygen atoms in total. The number of ether oxygens (including phenoxy) is 2. The number of nitriles is 1. The summed E-state index contributed by atoms with van der Waals surface area (Å²) in [6.07, 6.45) is 0. The smallest absolute Gasteiger partial charge is 0.163 e. The van der Waals surface area contributed by atoms with Crippen LogP contribution in [-0.2, 0) is 0 Å². The predicted molar refractivity (Wildman–Crippen MR) is 71.8 cm³/mol. The first-order chi connectivity index (χ1) is 9.76. The van der Waals surface area contributed by atoms with Gasteiger partial charge in [-0.1, -0.05) is 0 Å². The van der Waals surface area contributed by atoms with E-state index in [9.17, 15) is 4.39 Å². The molecule has 2 aromatic carbocycles. The molecule has 0 unspecified atom stereocenters.